The van der Waals surface area contributed by atoms with Crippen molar-refractivity contribution in [3.05, 3.63) is 70.1 Å². The lowest BCUT2D eigenvalue weighted by Crippen LogP contribution is -2.28. The van der Waals surface area contributed by atoms with Crippen molar-refractivity contribution in [2.45, 2.75) is 13.5 Å². The molecule has 1 fully saturated rings. The topological polar surface area (TPSA) is 40.6 Å². The lowest BCUT2D eigenvalue weighted by molar-refractivity contribution is -0.122. The first kappa shape index (κ1) is 17.0. The smallest absolute Gasteiger partial charge is 0.267 e. The first-order valence-electron chi connectivity index (χ1n) is 8.18. The van der Waals surface area contributed by atoms with E-state index in [0.29, 0.717) is 21.3 Å². The third-order valence-electron chi connectivity index (χ3n) is 4.59. The van der Waals surface area contributed by atoms with Crippen LogP contribution >= 0.6 is 24.0 Å². The zero-order chi connectivity index (χ0) is 18.4. The average Bonchev–Trinajstić information content (AvgIpc) is 3.05. The van der Waals surface area contributed by atoms with Crippen molar-refractivity contribution >= 4 is 51.4 Å². The fourth-order valence-electron chi connectivity index (χ4n) is 3.15. The first-order chi connectivity index (χ1) is 12.5. The van der Waals surface area contributed by atoms with Crippen molar-refractivity contribution in [1.82, 2.24) is 4.90 Å². The number of carbonyl (C=O) groups excluding carboxylic acids is 2. The highest BCUT2D eigenvalue weighted by Gasteiger charge is 2.40. The summed E-state index contributed by atoms with van der Waals surface area (Å²) in [6.07, 6.45) is 0. The van der Waals surface area contributed by atoms with E-state index in [-0.39, 0.29) is 11.8 Å². The molecule has 0 radical (unpaired) electrons. The number of carbonyl (C=O) groups is 2. The van der Waals surface area contributed by atoms with E-state index in [1.54, 1.807) is 16.8 Å². The molecule has 0 unspecified atom stereocenters. The number of thioether (sulfide) groups is 1. The van der Waals surface area contributed by atoms with Crippen LogP contribution in [0.1, 0.15) is 16.7 Å². The quantitative estimate of drug-likeness (QED) is 0.588. The Morgan fingerprint density at radius 2 is 1.69 bits per heavy atom. The Hall–Kier alpha value is -2.44. The summed E-state index contributed by atoms with van der Waals surface area (Å²) >= 11 is 6.64. The average molecular weight is 380 g/mol. The molecule has 4 rings (SSSR count). The number of thiocarbonyl (C=S) groups is 1. The van der Waals surface area contributed by atoms with Crippen LogP contribution in [0.3, 0.4) is 0 Å². The number of rotatable bonds is 2. The van der Waals surface area contributed by atoms with Gasteiger partial charge in [-0.2, -0.15) is 0 Å². The largest absolute Gasteiger partial charge is 0.311 e. The number of para-hydroxylation sites is 1. The maximum atomic E-state index is 13.0. The summed E-state index contributed by atoms with van der Waals surface area (Å²) in [4.78, 5) is 29.3. The van der Waals surface area contributed by atoms with Crippen LogP contribution in [0, 0.1) is 6.92 Å². The van der Waals surface area contributed by atoms with Crippen molar-refractivity contribution in [1.29, 1.82) is 0 Å². The maximum Gasteiger partial charge on any atom is 0.267 e. The molecule has 0 aliphatic carbocycles. The minimum Gasteiger partial charge on any atom is -0.311 e. The van der Waals surface area contributed by atoms with Crippen molar-refractivity contribution in [2.24, 2.45) is 0 Å². The van der Waals surface area contributed by atoms with Crippen LogP contribution in [0.5, 0.6) is 0 Å². The highest BCUT2D eigenvalue weighted by molar-refractivity contribution is 8.26. The lowest BCUT2D eigenvalue weighted by Gasteiger charge is -2.14. The molecule has 0 N–H and O–H groups in total. The fourth-order valence-corrected chi connectivity index (χ4v) is 4.48. The van der Waals surface area contributed by atoms with Crippen LogP contribution in [0.25, 0.3) is 5.57 Å². The van der Waals surface area contributed by atoms with E-state index in [2.05, 4.69) is 0 Å². The molecule has 0 bridgehead atoms. The highest BCUT2D eigenvalue weighted by Crippen LogP contribution is 2.44. The van der Waals surface area contributed by atoms with E-state index in [4.69, 9.17) is 12.2 Å². The van der Waals surface area contributed by atoms with Gasteiger partial charge in [0, 0.05) is 12.6 Å². The fraction of sp³-hybridized carbons (Fsp3) is 0.150. The lowest BCUT2D eigenvalue weighted by atomic mass is 10.1. The Balaban J connectivity index is 1.72. The summed E-state index contributed by atoms with van der Waals surface area (Å²) in [7, 11) is 1.72. The summed E-state index contributed by atoms with van der Waals surface area (Å²) in [5.74, 6) is -0.365. The Labute approximate surface area is 161 Å². The van der Waals surface area contributed by atoms with Gasteiger partial charge in [0.2, 0.25) is 0 Å². The Morgan fingerprint density at radius 1 is 1.00 bits per heavy atom. The number of amides is 2. The number of nitrogens with zero attached hydrogens (tertiary/aromatic N) is 2. The summed E-state index contributed by atoms with van der Waals surface area (Å²) in [5, 5.41) is 0. The Morgan fingerprint density at radius 3 is 2.42 bits per heavy atom. The van der Waals surface area contributed by atoms with Gasteiger partial charge in [-0.05, 0) is 18.6 Å². The van der Waals surface area contributed by atoms with Gasteiger partial charge in [-0.3, -0.25) is 14.5 Å². The van der Waals surface area contributed by atoms with Gasteiger partial charge in [0.15, 0.2) is 0 Å². The number of hydrogen-bond donors (Lipinski definition) is 0. The standard InChI is InChI=1S/C20H16N2O2S2/c1-12-7-9-13(10-8-12)11-22-19(24)17(26-20(22)25)16-14-5-3-4-6-15(14)21(2)18(16)23/h3-10H,11H2,1-2H3. The Kier molecular flexibility index (Phi) is 4.17. The maximum absolute atomic E-state index is 13.0. The summed E-state index contributed by atoms with van der Waals surface area (Å²) in [5.41, 5.74) is 4.23. The Bertz CT molecular complexity index is 980. The van der Waals surface area contributed by atoms with Crippen molar-refractivity contribution in [3.63, 3.8) is 0 Å². The molecule has 0 aromatic heterocycles. The number of hydrogen-bond acceptors (Lipinski definition) is 4. The first-order valence-corrected chi connectivity index (χ1v) is 9.41. The molecule has 2 aromatic rings. The van der Waals surface area contributed by atoms with E-state index in [0.717, 1.165) is 22.4 Å². The van der Waals surface area contributed by atoms with E-state index in [9.17, 15) is 9.59 Å². The van der Waals surface area contributed by atoms with Crippen molar-refractivity contribution in [2.75, 3.05) is 11.9 Å². The second-order valence-corrected chi connectivity index (χ2v) is 7.97. The number of fused-ring (bicyclic) bond motifs is 1. The molecule has 0 atom stereocenters. The number of benzene rings is 2. The van der Waals surface area contributed by atoms with Gasteiger partial charge in [-0.15, -0.1) is 0 Å². The monoisotopic (exact) mass is 380 g/mol. The van der Waals surface area contributed by atoms with Gasteiger partial charge in [-0.25, -0.2) is 0 Å². The van der Waals surface area contributed by atoms with Crippen LogP contribution in [0.15, 0.2) is 53.4 Å². The van der Waals surface area contributed by atoms with Gasteiger partial charge >= 0.3 is 0 Å². The molecule has 2 aliphatic rings. The molecule has 0 saturated carbocycles. The van der Waals surface area contributed by atoms with E-state index in [1.807, 2.05) is 55.5 Å². The zero-order valence-corrected chi connectivity index (χ0v) is 16.0. The van der Waals surface area contributed by atoms with Gasteiger partial charge in [0.1, 0.15) is 4.32 Å². The van der Waals surface area contributed by atoms with E-state index < -0.39 is 0 Å². The van der Waals surface area contributed by atoms with Crippen LogP contribution in [-0.4, -0.2) is 28.1 Å². The third-order valence-corrected chi connectivity index (χ3v) is 6.04. The second-order valence-electron chi connectivity index (χ2n) is 6.33. The summed E-state index contributed by atoms with van der Waals surface area (Å²) < 4.78 is 0.484. The van der Waals surface area contributed by atoms with Gasteiger partial charge in [0.25, 0.3) is 11.8 Å². The number of likely N-dealkylation sites (N-methyl/N-ethyl adjacent to an activating group) is 1. The summed E-state index contributed by atoms with van der Waals surface area (Å²) in [6, 6.07) is 15.5. The van der Waals surface area contributed by atoms with E-state index >= 15 is 0 Å². The molecule has 1 saturated heterocycles. The SMILES string of the molecule is Cc1ccc(CN2C(=O)C(=C3C(=O)N(C)c4ccccc43)SC2=S)cc1. The van der Waals surface area contributed by atoms with Crippen LogP contribution < -0.4 is 4.90 Å². The molecule has 2 aliphatic heterocycles. The summed E-state index contributed by atoms with van der Waals surface area (Å²) in [6.45, 7) is 2.43. The molecule has 4 nitrogen and oxygen atoms in total. The van der Waals surface area contributed by atoms with Gasteiger partial charge in [-0.1, -0.05) is 72.0 Å². The normalized spacial score (nSPS) is 19.5. The van der Waals surface area contributed by atoms with Crippen molar-refractivity contribution in [3.8, 4) is 0 Å². The van der Waals surface area contributed by atoms with Gasteiger partial charge < -0.3 is 4.90 Å². The number of anilines is 1. The highest BCUT2D eigenvalue weighted by atomic mass is 32.2. The zero-order valence-electron chi connectivity index (χ0n) is 14.4. The van der Waals surface area contributed by atoms with E-state index in [1.165, 1.54) is 11.8 Å². The molecule has 6 heteroatoms. The second kappa shape index (κ2) is 6.37. The number of aryl methyl sites for hydroxylation is 1. The molecule has 26 heavy (non-hydrogen) atoms. The molecule has 2 heterocycles. The molecular weight excluding hydrogens is 364 g/mol. The van der Waals surface area contributed by atoms with Crippen molar-refractivity contribution < 1.29 is 9.59 Å². The molecular formula is C20H16N2O2S2. The van der Waals surface area contributed by atoms with Gasteiger partial charge in [0.05, 0.1) is 22.7 Å². The molecule has 130 valence electrons. The minimum absolute atomic E-state index is 0.165. The van der Waals surface area contributed by atoms with Crippen LogP contribution in [0.2, 0.25) is 0 Å². The van der Waals surface area contributed by atoms with Crippen LogP contribution in [-0.2, 0) is 16.1 Å². The third kappa shape index (κ3) is 2.66. The molecule has 2 amide bonds. The predicted octanol–water partition coefficient (Wildman–Crippen LogP) is 3.74. The predicted molar refractivity (Wildman–Crippen MR) is 109 cm³/mol. The minimum atomic E-state index is -0.200. The molecule has 2 aromatic carbocycles. The molecule has 0 spiro atoms. The van der Waals surface area contributed by atoms with Crippen LogP contribution in [0.4, 0.5) is 5.69 Å².